The van der Waals surface area contributed by atoms with Gasteiger partial charge < -0.3 is 14.2 Å². The summed E-state index contributed by atoms with van der Waals surface area (Å²) >= 11 is 0.269. The number of carbonyl (C=O) groups excluding carboxylic acids is 1. The average Bonchev–Trinajstić information content (AvgIpc) is 3.44. The van der Waals surface area contributed by atoms with E-state index >= 15 is 0 Å². The van der Waals surface area contributed by atoms with E-state index in [0.717, 1.165) is 13.2 Å². The maximum atomic E-state index is 13.5. The van der Waals surface area contributed by atoms with Gasteiger partial charge in [0.25, 0.3) is 0 Å². The smallest absolute Gasteiger partial charge is 0.426 e. The Morgan fingerprint density at radius 2 is 1.79 bits per heavy atom. The number of methoxy groups -OCH3 is 1. The van der Waals surface area contributed by atoms with Crippen LogP contribution in [0.15, 0.2) is 53.4 Å². The Balaban J connectivity index is 1.55. The second-order valence-electron chi connectivity index (χ2n) is 6.88. The number of carbonyl (C=O) groups is 1. The van der Waals surface area contributed by atoms with E-state index in [9.17, 15) is 26.4 Å². The molecule has 2 aromatic carbocycles. The van der Waals surface area contributed by atoms with E-state index in [-0.39, 0.29) is 45.6 Å². The number of fused-ring (bicyclic) bond motifs is 1. The summed E-state index contributed by atoms with van der Waals surface area (Å²) in [5.74, 6) is 0.196. The Kier molecular flexibility index (Phi) is 6.08. The normalized spacial score (nSPS) is 13.2. The van der Waals surface area contributed by atoms with Crippen LogP contribution in [0.1, 0.15) is 20.1 Å². The molecule has 33 heavy (non-hydrogen) atoms. The number of thiophene rings is 1. The number of esters is 1. The molecule has 0 spiro atoms. The molecule has 1 N–H and O–H groups in total. The van der Waals surface area contributed by atoms with Crippen LogP contribution in [0.4, 0.5) is 13.2 Å². The molecule has 0 bridgehead atoms. The summed E-state index contributed by atoms with van der Waals surface area (Å²) in [6.07, 6.45) is -4.69. The van der Waals surface area contributed by atoms with Crippen molar-refractivity contribution in [2.45, 2.75) is 17.6 Å². The van der Waals surface area contributed by atoms with E-state index in [1.54, 1.807) is 18.2 Å². The summed E-state index contributed by atoms with van der Waals surface area (Å²) in [6.45, 7) is 0.0735. The molecule has 174 valence electrons. The first-order valence-corrected chi connectivity index (χ1v) is 11.7. The van der Waals surface area contributed by atoms with Crippen LogP contribution in [0, 0.1) is 0 Å². The van der Waals surface area contributed by atoms with Gasteiger partial charge in [-0.3, -0.25) is 0 Å². The lowest BCUT2D eigenvalue weighted by atomic mass is 10.1. The van der Waals surface area contributed by atoms with Gasteiger partial charge >= 0.3 is 12.1 Å². The van der Waals surface area contributed by atoms with Crippen molar-refractivity contribution < 1.29 is 40.6 Å². The summed E-state index contributed by atoms with van der Waals surface area (Å²) in [5, 5.41) is 0. The maximum Gasteiger partial charge on any atom is 0.426 e. The molecule has 1 aliphatic rings. The fraction of sp³-hybridized carbons (Fsp3) is 0.190. The molecule has 0 saturated carbocycles. The molecule has 12 heteroatoms. The molecule has 2 heterocycles. The molecule has 0 fully saturated rings. The summed E-state index contributed by atoms with van der Waals surface area (Å²) in [6, 6.07) is 11.0. The fourth-order valence-corrected chi connectivity index (χ4v) is 5.13. The number of hydrogen-bond donors (Lipinski definition) is 1. The van der Waals surface area contributed by atoms with Crippen molar-refractivity contribution in [3.05, 3.63) is 63.8 Å². The first-order chi connectivity index (χ1) is 15.6. The molecule has 0 unspecified atom stereocenters. The Bertz CT molecular complexity index is 1300. The first kappa shape index (κ1) is 23.1. The topological polar surface area (TPSA) is 90.9 Å². The number of benzene rings is 2. The number of hydrogen-bond acceptors (Lipinski definition) is 7. The molecule has 3 aromatic rings. The van der Waals surface area contributed by atoms with E-state index in [0.29, 0.717) is 17.1 Å². The summed E-state index contributed by atoms with van der Waals surface area (Å²) in [5.41, 5.74) is 0.525. The largest absolute Gasteiger partial charge is 0.465 e. The van der Waals surface area contributed by atoms with Gasteiger partial charge in [0.15, 0.2) is 11.5 Å². The number of alkyl halides is 3. The molecule has 0 aliphatic carbocycles. The quantitative estimate of drug-likeness (QED) is 0.505. The zero-order chi connectivity index (χ0) is 23.8. The van der Waals surface area contributed by atoms with E-state index < -0.39 is 27.0 Å². The minimum atomic E-state index is -4.69. The molecule has 1 aliphatic heterocycles. The van der Waals surface area contributed by atoms with E-state index in [2.05, 4.69) is 9.46 Å². The van der Waals surface area contributed by atoms with Crippen molar-refractivity contribution in [2.75, 3.05) is 13.9 Å². The van der Waals surface area contributed by atoms with Crippen molar-refractivity contribution in [1.29, 1.82) is 0 Å². The number of rotatable bonds is 6. The minimum Gasteiger partial charge on any atom is -0.465 e. The lowest BCUT2D eigenvalue weighted by Gasteiger charge is -2.10. The Labute approximate surface area is 190 Å². The van der Waals surface area contributed by atoms with Crippen LogP contribution < -0.4 is 14.2 Å². The fourth-order valence-electron chi connectivity index (χ4n) is 3.14. The third kappa shape index (κ3) is 4.82. The average molecular weight is 499 g/mol. The Hall–Kier alpha value is -3.09. The van der Waals surface area contributed by atoms with Gasteiger partial charge in [-0.05, 0) is 41.5 Å². The van der Waals surface area contributed by atoms with Crippen molar-refractivity contribution in [3.8, 4) is 22.6 Å². The van der Waals surface area contributed by atoms with Crippen molar-refractivity contribution in [3.63, 3.8) is 0 Å². The number of sulfonamides is 1. The molecule has 0 radical (unpaired) electrons. The van der Waals surface area contributed by atoms with Crippen molar-refractivity contribution >= 4 is 27.3 Å². The second-order valence-corrected chi connectivity index (χ2v) is 9.70. The van der Waals surface area contributed by atoms with Crippen LogP contribution in [0.2, 0.25) is 0 Å². The predicted molar refractivity (Wildman–Crippen MR) is 113 cm³/mol. The van der Waals surface area contributed by atoms with Gasteiger partial charge in [-0.1, -0.05) is 18.2 Å². The van der Waals surface area contributed by atoms with Gasteiger partial charge in [-0.2, -0.15) is 13.2 Å². The van der Waals surface area contributed by atoms with Crippen LogP contribution in [0.25, 0.3) is 11.1 Å². The van der Waals surface area contributed by atoms with Gasteiger partial charge in [0.2, 0.25) is 16.8 Å². The maximum absolute atomic E-state index is 13.5. The zero-order valence-corrected chi connectivity index (χ0v) is 18.6. The van der Waals surface area contributed by atoms with Gasteiger partial charge in [-0.25, -0.2) is 17.9 Å². The van der Waals surface area contributed by atoms with Gasteiger partial charge in [-0.15, -0.1) is 11.3 Å². The SMILES string of the molecule is COC(=O)c1cc(-c2ccc(S(=O)(=O)NCc3ccc4c(c3)OCO4)cc2)c(C(F)(F)F)s1. The number of halogens is 3. The van der Waals surface area contributed by atoms with Crippen molar-refractivity contribution in [1.82, 2.24) is 4.72 Å². The second kappa shape index (κ2) is 8.69. The third-order valence-electron chi connectivity index (χ3n) is 4.76. The van der Waals surface area contributed by atoms with Crippen LogP contribution in [0.3, 0.4) is 0 Å². The molecular formula is C21H16F3NO6S2. The van der Waals surface area contributed by atoms with Gasteiger partial charge in [0.05, 0.1) is 12.0 Å². The van der Waals surface area contributed by atoms with E-state index in [1.165, 1.54) is 24.3 Å². The van der Waals surface area contributed by atoms with Crippen LogP contribution >= 0.6 is 11.3 Å². The number of nitrogens with one attached hydrogen (secondary N) is 1. The van der Waals surface area contributed by atoms with Crippen LogP contribution in [0.5, 0.6) is 11.5 Å². The molecule has 0 amide bonds. The zero-order valence-electron chi connectivity index (χ0n) is 16.9. The summed E-state index contributed by atoms with van der Waals surface area (Å²) in [4.78, 5) is 10.4. The summed E-state index contributed by atoms with van der Waals surface area (Å²) in [7, 11) is -2.86. The van der Waals surface area contributed by atoms with E-state index in [4.69, 9.17) is 9.47 Å². The lowest BCUT2D eigenvalue weighted by molar-refractivity contribution is -0.133. The third-order valence-corrected chi connectivity index (χ3v) is 7.33. The predicted octanol–water partition coefficient (Wildman–Crippen LogP) is 4.43. The van der Waals surface area contributed by atoms with Crippen molar-refractivity contribution in [2.24, 2.45) is 0 Å². The minimum absolute atomic E-state index is 0.0219. The molecule has 4 rings (SSSR count). The highest BCUT2D eigenvalue weighted by molar-refractivity contribution is 7.89. The Morgan fingerprint density at radius 3 is 2.45 bits per heavy atom. The molecule has 0 atom stereocenters. The molecule has 0 saturated heterocycles. The van der Waals surface area contributed by atoms with Crippen LogP contribution in [-0.4, -0.2) is 28.3 Å². The lowest BCUT2D eigenvalue weighted by Crippen LogP contribution is -2.23. The van der Waals surface area contributed by atoms with E-state index in [1.807, 2.05) is 0 Å². The highest BCUT2D eigenvalue weighted by atomic mass is 32.2. The first-order valence-electron chi connectivity index (χ1n) is 9.36. The van der Waals surface area contributed by atoms with Gasteiger partial charge in [0.1, 0.15) is 9.75 Å². The monoisotopic (exact) mass is 499 g/mol. The highest BCUT2D eigenvalue weighted by Crippen LogP contribution is 2.43. The molecular weight excluding hydrogens is 483 g/mol. The summed E-state index contributed by atoms with van der Waals surface area (Å²) < 4.78 is 83.1. The standard InChI is InChI=1S/C21H16F3NO6S2/c1-29-20(26)18-9-15(19(32-18)21(22,23)24)13-3-5-14(6-4-13)33(27,28)25-10-12-2-7-16-17(8-12)31-11-30-16/h2-9,25H,10-11H2,1H3. The Morgan fingerprint density at radius 1 is 1.09 bits per heavy atom. The van der Waals surface area contributed by atoms with Gasteiger partial charge in [0, 0.05) is 12.1 Å². The molecule has 7 nitrogen and oxygen atoms in total. The molecule has 1 aromatic heterocycles. The number of ether oxygens (including phenoxy) is 3. The van der Waals surface area contributed by atoms with Crippen LogP contribution in [-0.2, 0) is 27.5 Å². The highest BCUT2D eigenvalue weighted by Gasteiger charge is 2.37.